The molecule has 0 saturated heterocycles. The predicted octanol–water partition coefficient (Wildman–Crippen LogP) is 4.90. The monoisotopic (exact) mass is 480 g/mol. The molecule has 0 unspecified atom stereocenters. The molecule has 0 bridgehead atoms. The molecule has 0 saturated carbocycles. The molecule has 0 spiro atoms. The van der Waals surface area contributed by atoms with Crippen LogP contribution >= 0.6 is 0 Å². The van der Waals surface area contributed by atoms with Crippen LogP contribution in [0.4, 0.5) is 11.4 Å². The first-order valence-corrected chi connectivity index (χ1v) is 10.6. The lowest BCUT2D eigenvalue weighted by Gasteiger charge is -2.13. The van der Waals surface area contributed by atoms with E-state index in [-0.39, 0.29) is 23.7 Å². The number of hydrogen-bond acceptors (Lipinski definition) is 8. The molecule has 0 radical (unpaired) electrons. The SMILES string of the molecule is CCOc1cc([N+](=O)[O-])c(C(=O)OCC(=O)Nc2ccccc2Oc2ccc(C)cc2)cc1OC. The van der Waals surface area contributed by atoms with Crippen molar-refractivity contribution in [3.05, 3.63) is 81.9 Å². The van der Waals surface area contributed by atoms with Crippen molar-refractivity contribution in [1.29, 1.82) is 0 Å². The molecule has 0 aromatic heterocycles. The zero-order valence-corrected chi connectivity index (χ0v) is 19.4. The molecule has 0 heterocycles. The Morgan fingerprint density at radius 2 is 1.71 bits per heavy atom. The van der Waals surface area contributed by atoms with E-state index in [1.807, 2.05) is 19.1 Å². The number of rotatable bonds is 10. The molecular formula is C25H24N2O8. The maximum absolute atomic E-state index is 12.6. The second-order valence-corrected chi connectivity index (χ2v) is 7.25. The molecule has 0 fully saturated rings. The van der Waals surface area contributed by atoms with Crippen molar-refractivity contribution in [2.75, 3.05) is 25.6 Å². The molecule has 1 amide bonds. The molecule has 35 heavy (non-hydrogen) atoms. The van der Waals surface area contributed by atoms with Gasteiger partial charge >= 0.3 is 5.97 Å². The molecule has 3 rings (SSSR count). The number of benzene rings is 3. The van der Waals surface area contributed by atoms with E-state index in [1.54, 1.807) is 43.3 Å². The third-order valence-electron chi connectivity index (χ3n) is 4.74. The number of methoxy groups -OCH3 is 1. The number of carbonyl (C=O) groups is 2. The van der Waals surface area contributed by atoms with Crippen LogP contribution in [0.1, 0.15) is 22.8 Å². The van der Waals surface area contributed by atoms with Crippen molar-refractivity contribution < 1.29 is 33.5 Å². The lowest BCUT2D eigenvalue weighted by molar-refractivity contribution is -0.385. The second kappa shape index (κ2) is 11.5. The topological polar surface area (TPSA) is 126 Å². The van der Waals surface area contributed by atoms with Crippen LogP contribution in [0.15, 0.2) is 60.7 Å². The van der Waals surface area contributed by atoms with E-state index in [1.165, 1.54) is 7.11 Å². The summed E-state index contributed by atoms with van der Waals surface area (Å²) in [7, 11) is 1.34. The highest BCUT2D eigenvalue weighted by Gasteiger charge is 2.26. The summed E-state index contributed by atoms with van der Waals surface area (Å²) in [4.78, 5) is 35.8. The highest BCUT2D eigenvalue weighted by molar-refractivity contribution is 5.98. The molecular weight excluding hydrogens is 456 g/mol. The number of carbonyl (C=O) groups excluding carboxylic acids is 2. The van der Waals surface area contributed by atoms with Crippen molar-refractivity contribution in [2.24, 2.45) is 0 Å². The number of nitrogens with one attached hydrogen (secondary N) is 1. The van der Waals surface area contributed by atoms with Gasteiger partial charge in [-0.1, -0.05) is 29.8 Å². The van der Waals surface area contributed by atoms with Crippen LogP contribution in [0.5, 0.6) is 23.0 Å². The summed E-state index contributed by atoms with van der Waals surface area (Å²) < 4.78 is 21.3. The smallest absolute Gasteiger partial charge is 0.345 e. The van der Waals surface area contributed by atoms with Crippen LogP contribution in [0.25, 0.3) is 0 Å². The average molecular weight is 480 g/mol. The molecule has 0 atom stereocenters. The third kappa shape index (κ3) is 6.47. The Balaban J connectivity index is 1.70. The van der Waals surface area contributed by atoms with Crippen LogP contribution in [0, 0.1) is 17.0 Å². The van der Waals surface area contributed by atoms with E-state index in [0.29, 0.717) is 17.2 Å². The first-order chi connectivity index (χ1) is 16.8. The lowest BCUT2D eigenvalue weighted by atomic mass is 10.1. The number of hydrogen-bond donors (Lipinski definition) is 1. The number of nitro groups is 1. The van der Waals surface area contributed by atoms with Gasteiger partial charge in [-0.2, -0.15) is 0 Å². The van der Waals surface area contributed by atoms with Gasteiger partial charge in [0.25, 0.3) is 11.6 Å². The Bertz CT molecular complexity index is 1220. The third-order valence-corrected chi connectivity index (χ3v) is 4.74. The fraction of sp³-hybridized carbons (Fsp3) is 0.200. The Hall–Kier alpha value is -4.60. The number of amides is 1. The Labute approximate surface area is 201 Å². The molecule has 3 aromatic rings. The van der Waals surface area contributed by atoms with Crippen LogP contribution < -0.4 is 19.5 Å². The highest BCUT2D eigenvalue weighted by Crippen LogP contribution is 2.35. The zero-order valence-electron chi connectivity index (χ0n) is 19.4. The Morgan fingerprint density at radius 3 is 2.37 bits per heavy atom. The second-order valence-electron chi connectivity index (χ2n) is 7.25. The fourth-order valence-electron chi connectivity index (χ4n) is 3.08. The van der Waals surface area contributed by atoms with Gasteiger partial charge in [0.05, 0.1) is 30.4 Å². The maximum Gasteiger partial charge on any atom is 0.345 e. The Morgan fingerprint density at radius 1 is 1.00 bits per heavy atom. The van der Waals surface area contributed by atoms with Crippen LogP contribution in [0.3, 0.4) is 0 Å². The summed E-state index contributed by atoms with van der Waals surface area (Å²) in [6, 6.07) is 16.4. The number of anilines is 1. The van der Waals surface area contributed by atoms with E-state index in [2.05, 4.69) is 5.32 Å². The molecule has 182 valence electrons. The first-order valence-electron chi connectivity index (χ1n) is 10.6. The summed E-state index contributed by atoms with van der Waals surface area (Å²) in [5.74, 6) is -0.503. The molecule has 0 aliphatic heterocycles. The van der Waals surface area contributed by atoms with Crippen LogP contribution in [-0.2, 0) is 9.53 Å². The van der Waals surface area contributed by atoms with Gasteiger partial charge < -0.3 is 24.3 Å². The van der Waals surface area contributed by atoms with E-state index in [9.17, 15) is 19.7 Å². The summed E-state index contributed by atoms with van der Waals surface area (Å²) in [6.45, 7) is 3.23. The number of para-hydroxylation sites is 2. The number of nitrogens with zero attached hydrogens (tertiary/aromatic N) is 1. The zero-order chi connectivity index (χ0) is 25.4. The van der Waals surface area contributed by atoms with E-state index >= 15 is 0 Å². The van der Waals surface area contributed by atoms with Crippen molar-refractivity contribution in [2.45, 2.75) is 13.8 Å². The van der Waals surface area contributed by atoms with Crippen molar-refractivity contribution >= 4 is 23.3 Å². The van der Waals surface area contributed by atoms with E-state index in [4.69, 9.17) is 18.9 Å². The minimum Gasteiger partial charge on any atom is -0.493 e. The van der Waals surface area contributed by atoms with E-state index in [0.717, 1.165) is 17.7 Å². The van der Waals surface area contributed by atoms with Gasteiger partial charge in [0.15, 0.2) is 23.9 Å². The molecule has 10 nitrogen and oxygen atoms in total. The molecule has 10 heteroatoms. The van der Waals surface area contributed by atoms with Crippen molar-refractivity contribution in [3.8, 4) is 23.0 Å². The van der Waals surface area contributed by atoms with Crippen LogP contribution in [-0.4, -0.2) is 37.1 Å². The van der Waals surface area contributed by atoms with Gasteiger partial charge in [0, 0.05) is 6.07 Å². The standard InChI is InChI=1S/C25H24N2O8/c1-4-33-23-14-20(27(30)31)18(13-22(23)32-3)25(29)34-15-24(28)26-19-7-5-6-8-21(19)35-17-11-9-16(2)10-12-17/h5-14H,4,15H2,1-3H3,(H,26,28). The first kappa shape index (κ1) is 25.0. The quantitative estimate of drug-likeness (QED) is 0.247. The number of ether oxygens (including phenoxy) is 4. The van der Waals surface area contributed by atoms with Gasteiger partial charge in [0.1, 0.15) is 11.3 Å². The van der Waals surface area contributed by atoms with Crippen molar-refractivity contribution in [1.82, 2.24) is 0 Å². The number of nitro benzene ring substituents is 1. The average Bonchev–Trinajstić information content (AvgIpc) is 2.85. The minimum absolute atomic E-state index is 0.112. The molecule has 3 aromatic carbocycles. The maximum atomic E-state index is 12.6. The predicted molar refractivity (Wildman–Crippen MR) is 127 cm³/mol. The summed E-state index contributed by atoms with van der Waals surface area (Å²) in [5, 5.41) is 14.1. The normalized spacial score (nSPS) is 10.3. The highest BCUT2D eigenvalue weighted by atomic mass is 16.6. The molecule has 0 aliphatic rings. The van der Waals surface area contributed by atoms with Gasteiger partial charge in [-0.25, -0.2) is 4.79 Å². The van der Waals surface area contributed by atoms with E-state index < -0.39 is 29.1 Å². The largest absolute Gasteiger partial charge is 0.493 e. The van der Waals surface area contributed by atoms with Crippen LogP contribution in [0.2, 0.25) is 0 Å². The van der Waals surface area contributed by atoms with Gasteiger partial charge in [-0.15, -0.1) is 0 Å². The fourth-order valence-corrected chi connectivity index (χ4v) is 3.08. The van der Waals surface area contributed by atoms with Gasteiger partial charge in [-0.3, -0.25) is 14.9 Å². The minimum atomic E-state index is -1.06. The van der Waals surface area contributed by atoms with Gasteiger partial charge in [0.2, 0.25) is 0 Å². The summed E-state index contributed by atoms with van der Waals surface area (Å²) in [6.07, 6.45) is 0. The summed E-state index contributed by atoms with van der Waals surface area (Å²) in [5.41, 5.74) is 0.539. The van der Waals surface area contributed by atoms with Gasteiger partial charge in [-0.05, 0) is 38.1 Å². The lowest BCUT2D eigenvalue weighted by Crippen LogP contribution is -2.21. The summed E-state index contributed by atoms with van der Waals surface area (Å²) >= 11 is 0. The number of aryl methyl sites for hydroxylation is 1. The molecule has 0 aliphatic carbocycles. The Kier molecular flexibility index (Phi) is 8.23. The van der Waals surface area contributed by atoms with Crippen molar-refractivity contribution in [3.63, 3.8) is 0 Å². The number of esters is 1. The molecule has 1 N–H and O–H groups in total.